The van der Waals surface area contributed by atoms with Crippen LogP contribution >= 0.6 is 0 Å². The Morgan fingerprint density at radius 1 is 0.446 bits per heavy atom. The molecule has 0 aromatic heterocycles. The average molecular weight is 1340 g/mol. The molecule has 6 radical (unpaired) electrons. The predicted octanol–water partition coefficient (Wildman–Crippen LogP) is -2.94. The predicted molar refractivity (Wildman–Crippen MR) is 211 cm³/mol. The van der Waals surface area contributed by atoms with E-state index in [0.29, 0.717) is 10.0 Å². The Kier molecular flexibility index (Phi) is 21.5. The van der Waals surface area contributed by atoms with E-state index in [1.165, 1.54) is 0 Å². The number of aliphatic carboxylic acids is 2. The summed E-state index contributed by atoms with van der Waals surface area (Å²) < 4.78 is 131. The van der Waals surface area contributed by atoms with Gasteiger partial charge in [-0.25, -0.2) is 33.7 Å². The second-order valence-corrected chi connectivity index (χ2v) is 17.4. The van der Waals surface area contributed by atoms with Crippen molar-refractivity contribution in [3.05, 3.63) is 97.1 Å². The van der Waals surface area contributed by atoms with Gasteiger partial charge in [-0.05, 0) is 97.1 Å². The Bertz CT molecular complexity index is 2860. The first-order valence-corrected chi connectivity index (χ1v) is 21.7. The average Bonchev–Trinajstić information content (AvgIpc) is 3.71. The molecular formula is C32H18Ba3N8O18S4-6. The Hall–Kier alpha value is -2.35. The number of carboxylic acids is 2. The summed E-state index contributed by atoms with van der Waals surface area (Å²) >= 11 is 0. The van der Waals surface area contributed by atoms with E-state index in [2.05, 4.69) is 30.7 Å². The third kappa shape index (κ3) is 15.3. The summed E-state index contributed by atoms with van der Waals surface area (Å²) in [5, 5.41) is 45.7. The maximum atomic E-state index is 12.6. The number of carbonyl (C=O) groups excluding carboxylic acids is 4. The van der Waals surface area contributed by atoms with Gasteiger partial charge in [-0.3, -0.25) is 9.59 Å². The molecule has 0 fully saturated rings. The van der Waals surface area contributed by atoms with E-state index in [1.54, 1.807) is 0 Å². The molecule has 26 nitrogen and oxygen atoms in total. The van der Waals surface area contributed by atoms with Gasteiger partial charge in [0.15, 0.2) is 12.1 Å². The molecule has 6 rings (SSSR count). The molecule has 2 unspecified atom stereocenters. The normalized spacial score (nSPS) is 16.4. The molecule has 2 atom stereocenters. The maximum Gasteiger partial charge on any atom is 0.280 e. The number of benzene rings is 4. The van der Waals surface area contributed by atoms with Gasteiger partial charge < -0.3 is 38.0 Å². The maximum absolute atomic E-state index is 12.6. The van der Waals surface area contributed by atoms with Gasteiger partial charge >= 0.3 is 0 Å². The third-order valence-corrected chi connectivity index (χ3v) is 11.2. The van der Waals surface area contributed by atoms with Crippen molar-refractivity contribution in [1.82, 2.24) is 0 Å². The summed E-state index contributed by atoms with van der Waals surface area (Å²) in [6.07, 6.45) is 0. The second-order valence-electron chi connectivity index (χ2n) is 11.9. The van der Waals surface area contributed by atoms with Gasteiger partial charge in [-0.1, -0.05) is 0 Å². The van der Waals surface area contributed by atoms with E-state index < -0.39 is 107 Å². The smallest absolute Gasteiger partial charge is 0.280 e. The van der Waals surface area contributed by atoms with Crippen molar-refractivity contribution in [3.8, 4) is 0 Å². The minimum atomic E-state index is -4.73. The number of anilines is 2. The minimum absolute atomic E-state index is 0. The number of hydrogen-bond donors (Lipinski definition) is 0. The largest absolute Gasteiger partial charge is 0.744 e. The van der Waals surface area contributed by atoms with Crippen LogP contribution in [0.5, 0.6) is 0 Å². The number of azo groups is 2. The van der Waals surface area contributed by atoms with Crippen LogP contribution in [0.3, 0.4) is 0 Å². The van der Waals surface area contributed by atoms with E-state index >= 15 is 0 Å². The Labute approximate surface area is 487 Å². The van der Waals surface area contributed by atoms with Crippen molar-refractivity contribution in [3.63, 3.8) is 0 Å². The Morgan fingerprint density at radius 3 is 0.892 bits per heavy atom. The fourth-order valence-electron chi connectivity index (χ4n) is 4.89. The van der Waals surface area contributed by atoms with E-state index in [4.69, 9.17) is 0 Å². The first-order valence-electron chi connectivity index (χ1n) is 16.1. The van der Waals surface area contributed by atoms with E-state index in [0.717, 1.165) is 97.1 Å². The second kappa shape index (κ2) is 23.8. The third-order valence-electron chi connectivity index (χ3n) is 7.81. The van der Waals surface area contributed by atoms with Gasteiger partial charge in [0.1, 0.15) is 51.9 Å². The molecule has 65 heavy (non-hydrogen) atoms. The van der Waals surface area contributed by atoms with Gasteiger partial charge in [-0.15, -0.1) is 0 Å². The Morgan fingerprint density at radius 2 is 0.677 bits per heavy atom. The van der Waals surface area contributed by atoms with Crippen LogP contribution in [0.1, 0.15) is 0 Å². The zero-order chi connectivity index (χ0) is 45.9. The van der Waals surface area contributed by atoms with Gasteiger partial charge in [0, 0.05) is 147 Å². The summed E-state index contributed by atoms with van der Waals surface area (Å²) in [5.41, 5.74) is -1.62. The molecule has 2 aliphatic rings. The minimum Gasteiger partial charge on any atom is -0.744 e. The summed E-state index contributed by atoms with van der Waals surface area (Å²) in [6, 6.07) is 12.8. The van der Waals surface area contributed by atoms with Gasteiger partial charge in [-0.2, -0.15) is 40.7 Å². The van der Waals surface area contributed by atoms with E-state index in [-0.39, 0.29) is 169 Å². The first-order chi connectivity index (χ1) is 28.8. The van der Waals surface area contributed by atoms with Crippen LogP contribution in [0.2, 0.25) is 0 Å². The van der Waals surface area contributed by atoms with Crippen molar-refractivity contribution in [2.75, 3.05) is 10.0 Å². The number of hydrogen-bond acceptors (Lipinski definition) is 24. The van der Waals surface area contributed by atoms with Crippen molar-refractivity contribution >= 4 is 245 Å². The molecule has 33 heteroatoms. The molecule has 0 spiro atoms. The summed E-state index contributed by atoms with van der Waals surface area (Å²) in [5.74, 6) is -5.54. The summed E-state index contributed by atoms with van der Waals surface area (Å²) in [4.78, 5) is 45.7. The molecule has 2 heterocycles. The zero-order valence-corrected chi connectivity index (χ0v) is 48.7. The van der Waals surface area contributed by atoms with Crippen LogP contribution in [-0.2, 0) is 59.7 Å². The van der Waals surface area contributed by atoms with Crippen LogP contribution in [0, 0.1) is 0 Å². The van der Waals surface area contributed by atoms with Crippen LogP contribution < -0.4 is 20.2 Å². The van der Waals surface area contributed by atoms with Crippen molar-refractivity contribution in [1.29, 1.82) is 0 Å². The zero-order valence-electron chi connectivity index (χ0n) is 32.1. The Balaban J connectivity index is 0.000000427. The van der Waals surface area contributed by atoms with E-state index in [1.807, 2.05) is 0 Å². The quantitative estimate of drug-likeness (QED) is 0.0778. The SMILES string of the molecule is O=C([O-])C1=NN(c2ccc(S(=O)(=O)[O-])cc2)C(=O)C1N=Nc1ccc(S(=O)(=O)[O-])cc1.O=C([O-])C1=NN(c2ccc(S(=O)(=O)[O-])cc2)C(=O)C1N=Nc1ccc(S(=O)(=O)[O-])cc1.[Ba].[Ba].[Ba]. The molecular weight excluding hydrogens is 1320 g/mol. The van der Waals surface area contributed by atoms with Crippen LogP contribution in [-0.4, -0.2) is 246 Å². The van der Waals surface area contributed by atoms with E-state index in [9.17, 15) is 81.3 Å². The van der Waals surface area contributed by atoms with Gasteiger partial charge in [0.2, 0.25) is 0 Å². The van der Waals surface area contributed by atoms with Gasteiger partial charge in [0.25, 0.3) is 11.8 Å². The van der Waals surface area contributed by atoms with Crippen molar-refractivity contribution in [2.24, 2.45) is 30.7 Å². The van der Waals surface area contributed by atoms with Crippen molar-refractivity contribution in [2.45, 2.75) is 31.7 Å². The number of carboxylic acid groups (broad SMARTS) is 2. The summed E-state index contributed by atoms with van der Waals surface area (Å²) in [6.45, 7) is 0. The number of amides is 2. The van der Waals surface area contributed by atoms with Crippen LogP contribution in [0.15, 0.2) is 147 Å². The molecule has 4 aromatic rings. The number of hydrazone groups is 2. The van der Waals surface area contributed by atoms with Crippen LogP contribution in [0.25, 0.3) is 0 Å². The molecule has 330 valence electrons. The molecule has 0 saturated heterocycles. The summed E-state index contributed by atoms with van der Waals surface area (Å²) in [7, 11) is -18.8. The van der Waals surface area contributed by atoms with Crippen LogP contribution in [0.4, 0.5) is 22.7 Å². The molecule has 0 saturated carbocycles. The number of rotatable bonds is 12. The fourth-order valence-corrected chi connectivity index (χ4v) is 6.77. The molecule has 2 aliphatic heterocycles. The van der Waals surface area contributed by atoms with Gasteiger partial charge in [0.05, 0.1) is 54.3 Å². The number of carbonyl (C=O) groups is 4. The topological polar surface area (TPSA) is 424 Å². The standard InChI is InChI=1S/2C16H12N4O9S2.3Ba/c2*21-15-13(18-17-9-1-5-11(6-2-9)30(24,25)26)14(16(22)23)19-20(15)10-3-7-12(8-4-10)31(27,28)29;;;/h2*1-8,13H,(H,22,23)(H,24,25,26)(H,27,28,29);;;/p-6. The molecule has 0 bridgehead atoms. The molecule has 4 aromatic carbocycles. The molecule has 0 aliphatic carbocycles. The van der Waals surface area contributed by atoms with Crippen molar-refractivity contribution < 1.29 is 81.3 Å². The monoisotopic (exact) mass is 1340 g/mol. The molecule has 2 amide bonds. The molecule has 0 N–H and O–H groups in total. The fraction of sp³-hybridized carbons (Fsp3) is 0.0625. The first kappa shape index (κ1) is 58.8. The number of nitrogens with zero attached hydrogens (tertiary/aromatic N) is 8.